The van der Waals surface area contributed by atoms with Crippen LogP contribution >= 0.6 is 23.5 Å². The van der Waals surface area contributed by atoms with Crippen LogP contribution in [0.25, 0.3) is 0 Å². The Morgan fingerprint density at radius 3 is 1.67 bits per heavy atom. The van der Waals surface area contributed by atoms with E-state index in [1.807, 2.05) is 0 Å². The molecule has 1 heterocycles. The van der Waals surface area contributed by atoms with Crippen molar-refractivity contribution in [2.45, 2.75) is 50.0 Å². The van der Waals surface area contributed by atoms with Crippen molar-refractivity contribution in [3.8, 4) is 0 Å². The van der Waals surface area contributed by atoms with Gasteiger partial charge in [0.25, 0.3) is 0 Å². The predicted molar refractivity (Wildman–Crippen MR) is 62.3 cm³/mol. The molecule has 0 aromatic carbocycles. The van der Waals surface area contributed by atoms with E-state index in [2.05, 4.69) is 37.4 Å². The molecule has 1 aliphatic rings. The Labute approximate surface area is 85.3 Å². The summed E-state index contributed by atoms with van der Waals surface area (Å²) in [4.78, 5) is 0. The zero-order valence-electron chi connectivity index (χ0n) is 8.21. The van der Waals surface area contributed by atoms with E-state index in [9.17, 15) is 0 Å². The van der Waals surface area contributed by atoms with Crippen molar-refractivity contribution in [1.29, 1.82) is 0 Å². The molecule has 0 nitrogen and oxygen atoms in total. The first-order valence-corrected chi connectivity index (χ1v) is 7.21. The molecule has 0 aliphatic carbocycles. The fourth-order valence-electron chi connectivity index (χ4n) is 1.72. The van der Waals surface area contributed by atoms with Crippen molar-refractivity contribution >= 4 is 23.5 Å². The Hall–Kier alpha value is 0.700. The lowest BCUT2D eigenvalue weighted by atomic mass is 10.1. The van der Waals surface area contributed by atoms with Crippen LogP contribution in [0.1, 0.15) is 39.5 Å². The van der Waals surface area contributed by atoms with Crippen molar-refractivity contribution < 1.29 is 0 Å². The van der Waals surface area contributed by atoms with Crippen LogP contribution in [-0.2, 0) is 0 Å². The van der Waals surface area contributed by atoms with E-state index in [1.165, 1.54) is 37.2 Å². The molecule has 2 atom stereocenters. The molecule has 1 rings (SSSR count). The summed E-state index contributed by atoms with van der Waals surface area (Å²) in [6.45, 7) is 4.62. The van der Waals surface area contributed by atoms with Gasteiger partial charge in [0.2, 0.25) is 0 Å². The van der Waals surface area contributed by atoms with Crippen LogP contribution < -0.4 is 0 Å². The fourth-order valence-corrected chi connectivity index (χ4v) is 5.07. The zero-order chi connectivity index (χ0) is 8.81. The average molecular weight is 204 g/mol. The van der Waals surface area contributed by atoms with Crippen LogP contribution in [0.3, 0.4) is 0 Å². The van der Waals surface area contributed by atoms with E-state index >= 15 is 0 Å². The Kier molecular flexibility index (Phi) is 5.57. The number of hydrogen-bond donors (Lipinski definition) is 0. The van der Waals surface area contributed by atoms with Gasteiger partial charge in [0, 0.05) is 22.0 Å². The summed E-state index contributed by atoms with van der Waals surface area (Å²) in [5.41, 5.74) is 0. The van der Waals surface area contributed by atoms with Crippen LogP contribution in [0, 0.1) is 0 Å². The number of hydrogen-bond acceptors (Lipinski definition) is 2. The van der Waals surface area contributed by atoms with Crippen molar-refractivity contribution in [2.24, 2.45) is 0 Å². The van der Waals surface area contributed by atoms with E-state index in [4.69, 9.17) is 0 Å². The highest BCUT2D eigenvalue weighted by Gasteiger charge is 2.24. The Morgan fingerprint density at radius 2 is 1.33 bits per heavy atom. The Balaban J connectivity index is 2.31. The average Bonchev–Trinajstić information content (AvgIpc) is 2.09. The van der Waals surface area contributed by atoms with Gasteiger partial charge in [0.15, 0.2) is 0 Å². The van der Waals surface area contributed by atoms with E-state index in [-0.39, 0.29) is 0 Å². The first-order valence-electron chi connectivity index (χ1n) is 5.11. The second-order valence-electron chi connectivity index (χ2n) is 3.40. The van der Waals surface area contributed by atoms with Crippen molar-refractivity contribution in [2.75, 3.05) is 11.5 Å². The lowest BCUT2D eigenvalue weighted by molar-refractivity contribution is 0.651. The van der Waals surface area contributed by atoms with Crippen molar-refractivity contribution in [1.82, 2.24) is 0 Å². The normalized spacial score (nSPS) is 30.5. The third-order valence-corrected chi connectivity index (χ3v) is 5.60. The van der Waals surface area contributed by atoms with Gasteiger partial charge in [-0.05, 0) is 12.8 Å². The zero-order valence-corrected chi connectivity index (χ0v) is 9.85. The summed E-state index contributed by atoms with van der Waals surface area (Å²) in [6, 6.07) is 0. The molecule has 0 saturated carbocycles. The third kappa shape index (κ3) is 3.21. The van der Waals surface area contributed by atoms with Gasteiger partial charge in [-0.3, -0.25) is 0 Å². The standard InChI is InChI=1S/C10H20S2/c1-3-5-9-10(6-4-2)12-8-7-11-9/h9-10H,3-8H2,1-2H3/t9-,10+. The van der Waals surface area contributed by atoms with Gasteiger partial charge in [0.05, 0.1) is 0 Å². The van der Waals surface area contributed by atoms with Crippen LogP contribution in [0.5, 0.6) is 0 Å². The molecule has 1 fully saturated rings. The maximum absolute atomic E-state index is 2.31. The maximum atomic E-state index is 2.31. The molecule has 1 saturated heterocycles. The minimum atomic E-state index is 0.966. The molecule has 1 aliphatic heterocycles. The number of thioether (sulfide) groups is 2. The van der Waals surface area contributed by atoms with Crippen LogP contribution in [0.2, 0.25) is 0 Å². The van der Waals surface area contributed by atoms with Gasteiger partial charge >= 0.3 is 0 Å². The van der Waals surface area contributed by atoms with E-state index in [0.29, 0.717) is 0 Å². The second kappa shape index (κ2) is 6.20. The highest BCUT2D eigenvalue weighted by Crippen LogP contribution is 2.36. The molecular weight excluding hydrogens is 184 g/mol. The molecular formula is C10H20S2. The lowest BCUT2D eigenvalue weighted by Crippen LogP contribution is -2.25. The fraction of sp³-hybridized carbons (Fsp3) is 1.00. The van der Waals surface area contributed by atoms with Gasteiger partial charge in [-0.2, -0.15) is 23.5 Å². The van der Waals surface area contributed by atoms with Crippen molar-refractivity contribution in [3.05, 3.63) is 0 Å². The molecule has 0 radical (unpaired) electrons. The Bertz CT molecular complexity index is 96.4. The van der Waals surface area contributed by atoms with Gasteiger partial charge < -0.3 is 0 Å². The van der Waals surface area contributed by atoms with Crippen molar-refractivity contribution in [3.63, 3.8) is 0 Å². The Morgan fingerprint density at radius 1 is 0.917 bits per heavy atom. The molecule has 2 heteroatoms. The van der Waals surface area contributed by atoms with Gasteiger partial charge in [-0.1, -0.05) is 26.7 Å². The summed E-state index contributed by atoms with van der Waals surface area (Å²) < 4.78 is 0. The predicted octanol–water partition coefficient (Wildman–Crippen LogP) is 3.80. The molecule has 0 spiro atoms. The van der Waals surface area contributed by atoms with Crippen LogP contribution in [-0.4, -0.2) is 22.0 Å². The molecule has 72 valence electrons. The van der Waals surface area contributed by atoms with Gasteiger partial charge in [-0.25, -0.2) is 0 Å². The van der Waals surface area contributed by atoms with Crippen LogP contribution in [0.15, 0.2) is 0 Å². The van der Waals surface area contributed by atoms with Gasteiger partial charge in [-0.15, -0.1) is 0 Å². The lowest BCUT2D eigenvalue weighted by Gasteiger charge is -2.30. The quantitative estimate of drug-likeness (QED) is 0.683. The SMILES string of the molecule is CCC[C@@H]1SCCS[C@@H]1CCC. The van der Waals surface area contributed by atoms with E-state index in [0.717, 1.165) is 10.5 Å². The summed E-state index contributed by atoms with van der Waals surface area (Å²) in [5.74, 6) is 2.77. The van der Waals surface area contributed by atoms with E-state index in [1.54, 1.807) is 0 Å². The van der Waals surface area contributed by atoms with Gasteiger partial charge in [0.1, 0.15) is 0 Å². The molecule has 0 amide bonds. The second-order valence-corrected chi connectivity index (χ2v) is 6.09. The molecule has 0 N–H and O–H groups in total. The summed E-state index contributed by atoms with van der Waals surface area (Å²) >= 11 is 4.43. The summed E-state index contributed by atoms with van der Waals surface area (Å²) in [5, 5.41) is 1.93. The van der Waals surface area contributed by atoms with Crippen LogP contribution in [0.4, 0.5) is 0 Å². The molecule has 0 bridgehead atoms. The first kappa shape index (κ1) is 10.8. The first-order chi connectivity index (χ1) is 5.88. The monoisotopic (exact) mass is 204 g/mol. The number of rotatable bonds is 4. The summed E-state index contributed by atoms with van der Waals surface area (Å²) in [6.07, 6.45) is 5.58. The third-order valence-electron chi connectivity index (χ3n) is 2.31. The molecule has 0 aromatic rings. The molecule has 0 unspecified atom stereocenters. The smallest absolute Gasteiger partial charge is 0.0166 e. The van der Waals surface area contributed by atoms with E-state index < -0.39 is 0 Å². The minimum absolute atomic E-state index is 0.966. The highest BCUT2D eigenvalue weighted by molar-refractivity contribution is 8.07. The topological polar surface area (TPSA) is 0 Å². The summed E-state index contributed by atoms with van der Waals surface area (Å²) in [7, 11) is 0. The molecule has 0 aromatic heterocycles. The molecule has 12 heavy (non-hydrogen) atoms. The maximum Gasteiger partial charge on any atom is 0.0166 e. The highest BCUT2D eigenvalue weighted by atomic mass is 32.2. The minimum Gasteiger partial charge on any atom is -0.157 e. The largest absolute Gasteiger partial charge is 0.157 e.